The molecular weight excluding hydrogens is 343 g/mol. The van der Waals surface area contributed by atoms with E-state index in [4.69, 9.17) is 28.9 Å². The average molecular weight is 355 g/mol. The molecule has 0 saturated carbocycles. The minimum absolute atomic E-state index is 0.168. The number of hydrogen-bond donors (Lipinski definition) is 2. The Morgan fingerprint density at radius 3 is 2.18 bits per heavy atom. The molecule has 0 aliphatic rings. The van der Waals surface area contributed by atoms with Crippen molar-refractivity contribution in [1.29, 1.82) is 0 Å². The zero-order valence-electron chi connectivity index (χ0n) is 11.3. The first-order valence-corrected chi connectivity index (χ1v) is 7.98. The molecule has 0 atom stereocenters. The molecular formula is C15H12Cl2N2O2S. The molecule has 0 fully saturated rings. The van der Waals surface area contributed by atoms with Crippen LogP contribution in [0.3, 0.4) is 0 Å². The van der Waals surface area contributed by atoms with Gasteiger partial charge >= 0.3 is 0 Å². The van der Waals surface area contributed by atoms with Gasteiger partial charge in [0.15, 0.2) is 0 Å². The molecule has 3 N–H and O–H groups in total. The van der Waals surface area contributed by atoms with Gasteiger partial charge in [-0.25, -0.2) is 0 Å². The summed E-state index contributed by atoms with van der Waals surface area (Å²) in [5.74, 6) is -0.546. The van der Waals surface area contributed by atoms with Crippen LogP contribution >= 0.6 is 35.0 Å². The van der Waals surface area contributed by atoms with E-state index in [9.17, 15) is 9.59 Å². The predicted molar refractivity (Wildman–Crippen MR) is 90.8 cm³/mol. The van der Waals surface area contributed by atoms with E-state index in [1.165, 1.54) is 11.8 Å². The second kappa shape index (κ2) is 7.54. The van der Waals surface area contributed by atoms with Gasteiger partial charge in [-0.2, -0.15) is 0 Å². The number of anilines is 1. The van der Waals surface area contributed by atoms with Gasteiger partial charge in [-0.05, 0) is 36.4 Å². The Kier molecular flexibility index (Phi) is 5.71. The maximum Gasteiger partial charge on any atom is 0.248 e. The van der Waals surface area contributed by atoms with Crippen LogP contribution < -0.4 is 11.1 Å². The third-order valence-corrected chi connectivity index (χ3v) is 4.71. The number of hydrogen-bond acceptors (Lipinski definition) is 3. The molecule has 22 heavy (non-hydrogen) atoms. The number of primary amides is 1. The third-order valence-electron chi connectivity index (χ3n) is 2.72. The fraction of sp³-hybridized carbons (Fsp3) is 0.0667. The fourth-order valence-corrected chi connectivity index (χ4v) is 3.16. The highest BCUT2D eigenvalue weighted by atomic mass is 35.5. The highest BCUT2D eigenvalue weighted by Crippen LogP contribution is 2.33. The molecule has 114 valence electrons. The summed E-state index contributed by atoms with van der Waals surface area (Å²) in [7, 11) is 0. The Hall–Kier alpha value is -1.69. The summed E-state index contributed by atoms with van der Waals surface area (Å²) in [6.07, 6.45) is 0. The highest BCUT2D eigenvalue weighted by Gasteiger charge is 2.10. The van der Waals surface area contributed by atoms with Crippen molar-refractivity contribution in [2.45, 2.75) is 4.90 Å². The molecule has 2 rings (SSSR count). The number of rotatable bonds is 5. The molecule has 0 aliphatic heterocycles. The van der Waals surface area contributed by atoms with Crippen LogP contribution in [0.5, 0.6) is 0 Å². The molecule has 2 aromatic carbocycles. The Labute approximate surface area is 142 Å². The Bertz CT molecular complexity index is 685. The number of nitrogens with one attached hydrogen (secondary N) is 1. The number of carbonyl (C=O) groups is 2. The first-order chi connectivity index (χ1) is 10.5. The molecule has 0 spiro atoms. The summed E-state index contributed by atoms with van der Waals surface area (Å²) in [4.78, 5) is 23.6. The first kappa shape index (κ1) is 16.7. The fourth-order valence-electron chi connectivity index (χ4n) is 1.67. The topological polar surface area (TPSA) is 72.2 Å². The lowest BCUT2D eigenvalue weighted by atomic mass is 10.2. The molecule has 4 nitrogen and oxygen atoms in total. The van der Waals surface area contributed by atoms with Gasteiger partial charge in [0.2, 0.25) is 11.8 Å². The maximum atomic E-state index is 11.9. The summed E-state index contributed by atoms with van der Waals surface area (Å²) < 4.78 is 0. The Morgan fingerprint density at radius 1 is 1.05 bits per heavy atom. The van der Waals surface area contributed by atoms with E-state index in [-0.39, 0.29) is 11.7 Å². The molecule has 0 radical (unpaired) electrons. The van der Waals surface area contributed by atoms with Crippen molar-refractivity contribution < 1.29 is 9.59 Å². The molecule has 0 aliphatic carbocycles. The second-order valence-electron chi connectivity index (χ2n) is 4.33. The molecule has 2 aromatic rings. The highest BCUT2D eigenvalue weighted by molar-refractivity contribution is 8.00. The van der Waals surface area contributed by atoms with Gasteiger partial charge in [0.05, 0.1) is 15.8 Å². The van der Waals surface area contributed by atoms with Crippen molar-refractivity contribution in [1.82, 2.24) is 0 Å². The standard InChI is InChI=1S/C15H12Cl2N2O2S/c16-11-2-1-3-12(17)14(11)22-8-13(20)19-10-6-4-9(5-7-10)15(18)21/h1-7H,8H2,(H2,18,21)(H,19,20). The largest absolute Gasteiger partial charge is 0.366 e. The molecule has 0 unspecified atom stereocenters. The van der Waals surface area contributed by atoms with Gasteiger partial charge in [-0.1, -0.05) is 29.3 Å². The van der Waals surface area contributed by atoms with Crippen molar-refractivity contribution in [3.05, 3.63) is 58.1 Å². The minimum atomic E-state index is -0.512. The predicted octanol–water partition coefficient (Wildman–Crippen LogP) is 3.82. The molecule has 0 heterocycles. The maximum absolute atomic E-state index is 11.9. The van der Waals surface area contributed by atoms with Crippen molar-refractivity contribution >= 4 is 52.5 Å². The summed E-state index contributed by atoms with van der Waals surface area (Å²) in [6.45, 7) is 0. The molecule has 7 heteroatoms. The van der Waals surface area contributed by atoms with Crippen LogP contribution in [0, 0.1) is 0 Å². The van der Waals surface area contributed by atoms with Crippen molar-refractivity contribution in [3.8, 4) is 0 Å². The summed E-state index contributed by atoms with van der Waals surface area (Å²) in [5, 5.41) is 3.74. The molecule has 0 bridgehead atoms. The third kappa shape index (κ3) is 4.40. The van der Waals surface area contributed by atoms with Crippen LogP contribution in [0.15, 0.2) is 47.4 Å². The van der Waals surface area contributed by atoms with Crippen LogP contribution in [-0.4, -0.2) is 17.6 Å². The number of halogens is 2. The monoisotopic (exact) mass is 354 g/mol. The van der Waals surface area contributed by atoms with Crippen LogP contribution in [0.1, 0.15) is 10.4 Å². The van der Waals surface area contributed by atoms with E-state index >= 15 is 0 Å². The number of benzene rings is 2. The van der Waals surface area contributed by atoms with E-state index in [0.717, 1.165) is 0 Å². The van der Waals surface area contributed by atoms with Crippen LogP contribution in [0.2, 0.25) is 10.0 Å². The minimum Gasteiger partial charge on any atom is -0.366 e. The molecule has 0 saturated heterocycles. The van der Waals surface area contributed by atoms with Crippen LogP contribution in [-0.2, 0) is 4.79 Å². The lowest BCUT2D eigenvalue weighted by Crippen LogP contribution is -2.15. The molecule has 0 aromatic heterocycles. The van der Waals surface area contributed by atoms with Crippen molar-refractivity contribution in [2.75, 3.05) is 11.1 Å². The van der Waals surface area contributed by atoms with Gasteiger partial charge in [0.25, 0.3) is 0 Å². The van der Waals surface area contributed by atoms with Gasteiger partial charge < -0.3 is 11.1 Å². The van der Waals surface area contributed by atoms with Crippen molar-refractivity contribution in [3.63, 3.8) is 0 Å². The Morgan fingerprint density at radius 2 is 1.64 bits per heavy atom. The first-order valence-electron chi connectivity index (χ1n) is 6.24. The van der Waals surface area contributed by atoms with Crippen LogP contribution in [0.25, 0.3) is 0 Å². The summed E-state index contributed by atoms with van der Waals surface area (Å²) in [6, 6.07) is 11.5. The zero-order valence-corrected chi connectivity index (χ0v) is 13.6. The van der Waals surface area contributed by atoms with Gasteiger partial charge in [0, 0.05) is 16.1 Å². The van der Waals surface area contributed by atoms with E-state index in [1.807, 2.05) is 0 Å². The van der Waals surface area contributed by atoms with E-state index in [0.29, 0.717) is 26.2 Å². The van der Waals surface area contributed by atoms with E-state index < -0.39 is 5.91 Å². The number of nitrogens with two attached hydrogens (primary N) is 1. The number of thioether (sulfide) groups is 1. The van der Waals surface area contributed by atoms with Crippen molar-refractivity contribution in [2.24, 2.45) is 5.73 Å². The van der Waals surface area contributed by atoms with Crippen LogP contribution in [0.4, 0.5) is 5.69 Å². The second-order valence-corrected chi connectivity index (χ2v) is 6.13. The zero-order chi connectivity index (χ0) is 16.1. The number of carbonyl (C=O) groups excluding carboxylic acids is 2. The normalized spacial score (nSPS) is 10.3. The van der Waals surface area contributed by atoms with Gasteiger partial charge in [-0.15, -0.1) is 11.8 Å². The van der Waals surface area contributed by atoms with Gasteiger partial charge in [0.1, 0.15) is 0 Å². The summed E-state index contributed by atoms with van der Waals surface area (Å²) >= 11 is 13.3. The summed E-state index contributed by atoms with van der Waals surface area (Å²) in [5.41, 5.74) is 6.12. The SMILES string of the molecule is NC(=O)c1ccc(NC(=O)CSc2c(Cl)cccc2Cl)cc1. The number of amides is 2. The Balaban J connectivity index is 1.94. The molecule has 2 amide bonds. The van der Waals surface area contributed by atoms with Gasteiger partial charge in [-0.3, -0.25) is 9.59 Å². The average Bonchev–Trinajstić information content (AvgIpc) is 2.47. The lowest BCUT2D eigenvalue weighted by Gasteiger charge is -2.08. The smallest absolute Gasteiger partial charge is 0.248 e. The lowest BCUT2D eigenvalue weighted by molar-refractivity contribution is -0.113. The van der Waals surface area contributed by atoms with E-state index in [2.05, 4.69) is 5.32 Å². The quantitative estimate of drug-likeness (QED) is 0.801. The van der Waals surface area contributed by atoms with E-state index in [1.54, 1.807) is 42.5 Å².